The van der Waals surface area contributed by atoms with Gasteiger partial charge < -0.3 is 16.0 Å². The molecule has 1 aliphatic rings. The average Bonchev–Trinajstić information content (AvgIpc) is 3.05. The van der Waals surface area contributed by atoms with Crippen molar-refractivity contribution < 1.29 is 18.0 Å². The molecule has 1 amide bonds. The number of anilines is 3. The molecule has 0 spiro atoms. The molecular weight excluding hydrogens is 469 g/mol. The lowest BCUT2D eigenvalue weighted by molar-refractivity contribution is -0.137. The van der Waals surface area contributed by atoms with Gasteiger partial charge in [0, 0.05) is 51.5 Å². The summed E-state index contributed by atoms with van der Waals surface area (Å²) in [5.41, 5.74) is 3.69. The SMILES string of the molecule is CC(=O)NCCNc1nc(Nc2ccc(CN3CCc4ccccc4CC3)cc2)ncc1C(F)(F)F. The van der Waals surface area contributed by atoms with E-state index in [0.717, 1.165) is 44.2 Å². The van der Waals surface area contributed by atoms with Gasteiger partial charge in [-0.15, -0.1) is 0 Å². The predicted molar refractivity (Wildman–Crippen MR) is 133 cm³/mol. The van der Waals surface area contributed by atoms with Crippen LogP contribution in [-0.4, -0.2) is 47.0 Å². The Bertz CT molecular complexity index is 1160. The van der Waals surface area contributed by atoms with E-state index < -0.39 is 11.7 Å². The van der Waals surface area contributed by atoms with Crippen molar-refractivity contribution in [1.29, 1.82) is 0 Å². The number of aromatic nitrogens is 2. The summed E-state index contributed by atoms with van der Waals surface area (Å²) in [5.74, 6) is -0.561. The lowest BCUT2D eigenvalue weighted by Gasteiger charge is -2.20. The van der Waals surface area contributed by atoms with Gasteiger partial charge in [0.2, 0.25) is 11.9 Å². The largest absolute Gasteiger partial charge is 0.421 e. The van der Waals surface area contributed by atoms with Gasteiger partial charge in [-0.2, -0.15) is 18.2 Å². The van der Waals surface area contributed by atoms with E-state index in [1.165, 1.54) is 18.1 Å². The maximum atomic E-state index is 13.4. The fourth-order valence-electron chi connectivity index (χ4n) is 4.16. The minimum absolute atomic E-state index is 0.0445. The first-order valence-corrected chi connectivity index (χ1v) is 11.9. The molecule has 3 aromatic rings. The second kappa shape index (κ2) is 11.4. The molecule has 0 radical (unpaired) electrons. The number of alkyl halides is 3. The average molecular weight is 499 g/mol. The van der Waals surface area contributed by atoms with Gasteiger partial charge in [-0.05, 0) is 41.7 Å². The maximum absolute atomic E-state index is 13.4. The first-order valence-electron chi connectivity index (χ1n) is 11.9. The van der Waals surface area contributed by atoms with Gasteiger partial charge in [0.15, 0.2) is 0 Å². The van der Waals surface area contributed by atoms with Crippen molar-refractivity contribution in [2.75, 3.05) is 36.8 Å². The summed E-state index contributed by atoms with van der Waals surface area (Å²) < 4.78 is 40.1. The standard InChI is InChI=1S/C26H29F3N6O/c1-18(36)30-12-13-31-24-23(26(27,28)29)16-32-25(34-24)33-22-8-6-19(7-9-22)17-35-14-10-20-4-2-3-5-21(20)11-15-35/h2-9,16H,10-15,17H2,1H3,(H,30,36)(H2,31,32,33,34). The molecule has 4 rings (SSSR count). The maximum Gasteiger partial charge on any atom is 0.421 e. The molecule has 7 nitrogen and oxygen atoms in total. The summed E-state index contributed by atoms with van der Waals surface area (Å²) >= 11 is 0. The Kier molecular flexibility index (Phi) is 8.04. The van der Waals surface area contributed by atoms with Crippen molar-refractivity contribution in [2.45, 2.75) is 32.5 Å². The number of fused-ring (bicyclic) bond motifs is 1. The number of rotatable bonds is 8. The third kappa shape index (κ3) is 6.94. The summed E-state index contributed by atoms with van der Waals surface area (Å²) in [7, 11) is 0. The monoisotopic (exact) mass is 498 g/mol. The third-order valence-corrected chi connectivity index (χ3v) is 6.01. The highest BCUT2D eigenvalue weighted by molar-refractivity contribution is 5.72. The fourth-order valence-corrected chi connectivity index (χ4v) is 4.16. The lowest BCUT2D eigenvalue weighted by atomic mass is 10.0. The van der Waals surface area contributed by atoms with Gasteiger partial charge in [-0.3, -0.25) is 9.69 Å². The quantitative estimate of drug-likeness (QED) is 0.400. The van der Waals surface area contributed by atoms with Crippen LogP contribution in [0.25, 0.3) is 0 Å². The van der Waals surface area contributed by atoms with E-state index in [9.17, 15) is 18.0 Å². The summed E-state index contributed by atoms with van der Waals surface area (Å²) in [4.78, 5) is 21.3. The molecule has 0 saturated heterocycles. The van der Waals surface area contributed by atoms with E-state index in [0.29, 0.717) is 5.69 Å². The Morgan fingerprint density at radius 1 is 1.00 bits per heavy atom. The van der Waals surface area contributed by atoms with Gasteiger partial charge in [0.25, 0.3) is 0 Å². The molecule has 0 fully saturated rings. The van der Waals surface area contributed by atoms with Crippen LogP contribution in [0.2, 0.25) is 0 Å². The number of hydrogen-bond acceptors (Lipinski definition) is 6. The van der Waals surface area contributed by atoms with Gasteiger partial charge in [0.05, 0.1) is 0 Å². The number of amides is 1. The van der Waals surface area contributed by atoms with Crippen LogP contribution < -0.4 is 16.0 Å². The van der Waals surface area contributed by atoms with Crippen molar-refractivity contribution >= 4 is 23.4 Å². The number of halogens is 3. The Morgan fingerprint density at radius 3 is 2.28 bits per heavy atom. The molecule has 0 saturated carbocycles. The van der Waals surface area contributed by atoms with Crippen LogP contribution in [0.3, 0.4) is 0 Å². The van der Waals surface area contributed by atoms with Crippen LogP contribution in [0, 0.1) is 0 Å². The van der Waals surface area contributed by atoms with Crippen molar-refractivity contribution in [2.24, 2.45) is 0 Å². The van der Waals surface area contributed by atoms with E-state index >= 15 is 0 Å². The summed E-state index contributed by atoms with van der Waals surface area (Å²) in [6.07, 6.45) is -1.79. The number of carbonyl (C=O) groups excluding carboxylic acids is 1. The summed E-state index contributed by atoms with van der Waals surface area (Å²) in [6, 6.07) is 16.3. The first-order chi connectivity index (χ1) is 17.3. The number of hydrogen-bond donors (Lipinski definition) is 3. The predicted octanol–water partition coefficient (Wildman–Crippen LogP) is 4.39. The molecule has 2 aromatic carbocycles. The molecule has 0 bridgehead atoms. The second-order valence-electron chi connectivity index (χ2n) is 8.73. The zero-order valence-electron chi connectivity index (χ0n) is 20.0. The Labute approximate surface area is 208 Å². The molecule has 2 heterocycles. The van der Waals surface area contributed by atoms with Crippen LogP contribution >= 0.6 is 0 Å². The smallest absolute Gasteiger partial charge is 0.368 e. The highest BCUT2D eigenvalue weighted by Crippen LogP contribution is 2.34. The highest BCUT2D eigenvalue weighted by atomic mass is 19.4. The van der Waals surface area contributed by atoms with Crippen molar-refractivity contribution in [1.82, 2.24) is 20.2 Å². The molecule has 10 heteroatoms. The third-order valence-electron chi connectivity index (χ3n) is 6.01. The molecule has 1 aromatic heterocycles. The van der Waals surface area contributed by atoms with Crippen LogP contribution in [0.15, 0.2) is 54.7 Å². The first kappa shape index (κ1) is 25.4. The van der Waals surface area contributed by atoms with Crippen LogP contribution in [0.1, 0.15) is 29.2 Å². The molecule has 1 aliphatic heterocycles. The molecule has 0 unspecified atom stereocenters. The minimum atomic E-state index is -4.61. The van der Waals surface area contributed by atoms with Crippen LogP contribution in [0.4, 0.5) is 30.6 Å². The number of benzene rings is 2. The van der Waals surface area contributed by atoms with Gasteiger partial charge in [0.1, 0.15) is 11.4 Å². The molecular formula is C26H29F3N6O. The van der Waals surface area contributed by atoms with E-state index in [1.807, 2.05) is 24.3 Å². The zero-order chi connectivity index (χ0) is 25.5. The minimum Gasteiger partial charge on any atom is -0.368 e. The topological polar surface area (TPSA) is 82.2 Å². The van der Waals surface area contributed by atoms with E-state index in [-0.39, 0.29) is 30.8 Å². The van der Waals surface area contributed by atoms with Gasteiger partial charge in [-0.1, -0.05) is 36.4 Å². The van der Waals surface area contributed by atoms with Gasteiger partial charge >= 0.3 is 6.18 Å². The summed E-state index contributed by atoms with van der Waals surface area (Å²) in [6.45, 7) is 4.42. The normalized spacial score (nSPS) is 14.0. The fraction of sp³-hybridized carbons (Fsp3) is 0.346. The molecule has 0 atom stereocenters. The van der Waals surface area contributed by atoms with Crippen molar-refractivity contribution in [3.8, 4) is 0 Å². The van der Waals surface area contributed by atoms with E-state index in [2.05, 4.69) is 55.1 Å². The molecule has 36 heavy (non-hydrogen) atoms. The number of nitrogens with one attached hydrogen (secondary N) is 3. The summed E-state index contributed by atoms with van der Waals surface area (Å²) in [5, 5.41) is 8.13. The number of nitrogens with zero attached hydrogens (tertiary/aromatic N) is 3. The van der Waals surface area contributed by atoms with Crippen molar-refractivity contribution in [3.05, 3.63) is 77.0 Å². The van der Waals surface area contributed by atoms with E-state index in [1.54, 1.807) is 0 Å². The molecule has 0 aliphatic carbocycles. The zero-order valence-corrected chi connectivity index (χ0v) is 20.0. The van der Waals surface area contributed by atoms with E-state index in [4.69, 9.17) is 0 Å². The Morgan fingerprint density at radius 2 is 1.67 bits per heavy atom. The van der Waals surface area contributed by atoms with Gasteiger partial charge in [-0.25, -0.2) is 4.98 Å². The van der Waals surface area contributed by atoms with Crippen LogP contribution in [0.5, 0.6) is 0 Å². The lowest BCUT2D eigenvalue weighted by Crippen LogP contribution is -2.27. The molecule has 3 N–H and O–H groups in total. The molecule has 190 valence electrons. The number of carbonyl (C=O) groups is 1. The second-order valence-corrected chi connectivity index (χ2v) is 8.73. The Balaban J connectivity index is 1.38. The highest BCUT2D eigenvalue weighted by Gasteiger charge is 2.35. The van der Waals surface area contributed by atoms with Crippen molar-refractivity contribution in [3.63, 3.8) is 0 Å². The van der Waals surface area contributed by atoms with Crippen LogP contribution in [-0.2, 0) is 30.4 Å². The Hall–Kier alpha value is -3.66.